The third-order valence-corrected chi connectivity index (χ3v) is 4.39. The van der Waals surface area contributed by atoms with E-state index >= 15 is 0 Å². The van der Waals surface area contributed by atoms with E-state index in [1.807, 2.05) is 24.3 Å². The Morgan fingerprint density at radius 3 is 2.85 bits per heavy atom. The van der Waals surface area contributed by atoms with Gasteiger partial charge in [0.25, 0.3) is 0 Å². The Kier molecular flexibility index (Phi) is 3.70. The Hall–Kier alpha value is -1.49. The van der Waals surface area contributed by atoms with E-state index < -0.39 is 0 Å². The number of halogens is 1. The Bertz CT molecular complexity index is 770. The van der Waals surface area contributed by atoms with E-state index in [-0.39, 0.29) is 6.61 Å². The minimum atomic E-state index is -0.00538. The summed E-state index contributed by atoms with van der Waals surface area (Å²) < 4.78 is 0. The molecule has 102 valence electrons. The van der Waals surface area contributed by atoms with Gasteiger partial charge < -0.3 is 10.1 Å². The van der Waals surface area contributed by atoms with Crippen molar-refractivity contribution in [2.45, 2.75) is 23.6 Å². The van der Waals surface area contributed by atoms with E-state index in [0.717, 1.165) is 26.6 Å². The lowest BCUT2D eigenvalue weighted by molar-refractivity contribution is 0.282. The minimum absolute atomic E-state index is 0.00538. The molecule has 2 aromatic carbocycles. The molecule has 0 aliphatic heterocycles. The van der Waals surface area contributed by atoms with Crippen molar-refractivity contribution in [3.63, 3.8) is 0 Å². The zero-order valence-electron chi connectivity index (χ0n) is 10.9. The lowest BCUT2D eigenvalue weighted by Crippen LogP contribution is -1.84. The molecule has 0 radical (unpaired) electrons. The largest absolute Gasteiger partial charge is 0.392 e. The highest BCUT2D eigenvalue weighted by Gasteiger charge is 2.08. The van der Waals surface area contributed by atoms with Crippen LogP contribution >= 0.6 is 23.4 Å². The lowest BCUT2D eigenvalue weighted by atomic mass is 10.2. The van der Waals surface area contributed by atoms with Crippen molar-refractivity contribution in [3.05, 3.63) is 52.5 Å². The highest BCUT2D eigenvalue weighted by atomic mass is 35.5. The molecule has 0 bridgehead atoms. The summed E-state index contributed by atoms with van der Waals surface area (Å²) in [5.74, 6) is 0. The SMILES string of the molecule is Cc1ccc2nc(Sc3ccc(CO)cc3Cl)[nH]c2c1. The minimum Gasteiger partial charge on any atom is -0.392 e. The first kappa shape index (κ1) is 13.5. The van der Waals surface area contributed by atoms with E-state index in [9.17, 15) is 0 Å². The van der Waals surface area contributed by atoms with Gasteiger partial charge in [-0.2, -0.15) is 0 Å². The van der Waals surface area contributed by atoms with Crippen molar-refractivity contribution < 1.29 is 5.11 Å². The second-order valence-corrected chi connectivity index (χ2v) is 6.03. The number of benzene rings is 2. The molecule has 0 atom stereocenters. The normalized spacial score (nSPS) is 11.2. The summed E-state index contributed by atoms with van der Waals surface area (Å²) in [6.45, 7) is 2.05. The molecule has 0 unspecified atom stereocenters. The molecule has 5 heteroatoms. The van der Waals surface area contributed by atoms with Gasteiger partial charge in [-0.1, -0.05) is 35.5 Å². The predicted octanol–water partition coefficient (Wildman–Crippen LogP) is 4.17. The van der Waals surface area contributed by atoms with Crippen LogP contribution in [0.2, 0.25) is 5.02 Å². The summed E-state index contributed by atoms with van der Waals surface area (Å²) in [7, 11) is 0. The Morgan fingerprint density at radius 2 is 2.10 bits per heavy atom. The molecule has 3 aromatic rings. The lowest BCUT2D eigenvalue weighted by Gasteiger charge is -2.03. The topological polar surface area (TPSA) is 48.9 Å². The Balaban J connectivity index is 1.92. The van der Waals surface area contributed by atoms with Crippen LogP contribution in [0.1, 0.15) is 11.1 Å². The number of hydrogen-bond acceptors (Lipinski definition) is 3. The first-order valence-electron chi connectivity index (χ1n) is 6.19. The van der Waals surface area contributed by atoms with Gasteiger partial charge >= 0.3 is 0 Å². The van der Waals surface area contributed by atoms with Crippen molar-refractivity contribution in [1.29, 1.82) is 0 Å². The van der Waals surface area contributed by atoms with Gasteiger partial charge in [0.2, 0.25) is 0 Å². The molecule has 3 rings (SSSR count). The van der Waals surface area contributed by atoms with E-state index in [4.69, 9.17) is 16.7 Å². The van der Waals surface area contributed by atoms with Crippen molar-refractivity contribution >= 4 is 34.4 Å². The molecule has 0 saturated carbocycles. The van der Waals surface area contributed by atoms with Crippen LogP contribution in [0.4, 0.5) is 0 Å². The molecule has 1 heterocycles. The third-order valence-electron chi connectivity index (χ3n) is 3.00. The van der Waals surface area contributed by atoms with E-state index in [0.29, 0.717) is 5.02 Å². The zero-order valence-corrected chi connectivity index (χ0v) is 12.4. The van der Waals surface area contributed by atoms with Gasteiger partial charge in [0.05, 0.1) is 22.7 Å². The molecule has 20 heavy (non-hydrogen) atoms. The summed E-state index contributed by atoms with van der Waals surface area (Å²) >= 11 is 7.69. The van der Waals surface area contributed by atoms with Gasteiger partial charge in [0.1, 0.15) is 0 Å². The van der Waals surface area contributed by atoms with Crippen LogP contribution in [0.15, 0.2) is 46.5 Å². The van der Waals surface area contributed by atoms with Crippen molar-refractivity contribution in [2.24, 2.45) is 0 Å². The first-order valence-corrected chi connectivity index (χ1v) is 7.38. The molecule has 2 N–H and O–H groups in total. The molecule has 0 spiro atoms. The molecule has 0 saturated heterocycles. The smallest absolute Gasteiger partial charge is 0.171 e. The number of aliphatic hydroxyl groups excluding tert-OH is 1. The van der Waals surface area contributed by atoms with Crippen molar-refractivity contribution in [2.75, 3.05) is 0 Å². The van der Waals surface area contributed by atoms with Crippen LogP contribution in [-0.2, 0) is 6.61 Å². The number of aromatic amines is 1. The summed E-state index contributed by atoms with van der Waals surface area (Å²) in [6.07, 6.45) is 0. The predicted molar refractivity (Wildman–Crippen MR) is 82.3 cm³/mol. The average Bonchev–Trinajstić information content (AvgIpc) is 2.82. The maximum Gasteiger partial charge on any atom is 0.171 e. The van der Waals surface area contributed by atoms with Gasteiger partial charge in [0, 0.05) is 4.90 Å². The van der Waals surface area contributed by atoms with Gasteiger partial charge in [-0.05, 0) is 42.3 Å². The number of aromatic nitrogens is 2. The van der Waals surface area contributed by atoms with E-state index in [2.05, 4.69) is 23.0 Å². The number of H-pyrrole nitrogens is 1. The molecule has 1 aromatic heterocycles. The van der Waals surface area contributed by atoms with E-state index in [1.54, 1.807) is 6.07 Å². The standard InChI is InChI=1S/C15H13ClN2OS/c1-9-2-4-12-13(6-9)18-15(17-12)20-14-5-3-10(8-19)7-11(14)16/h2-7,19H,8H2,1H3,(H,17,18). The highest BCUT2D eigenvalue weighted by Crippen LogP contribution is 2.33. The maximum atomic E-state index is 9.08. The number of nitrogens with one attached hydrogen (secondary N) is 1. The second-order valence-electron chi connectivity index (χ2n) is 4.59. The molecule has 0 aliphatic carbocycles. The molecule has 0 amide bonds. The van der Waals surface area contributed by atoms with Gasteiger partial charge in [-0.3, -0.25) is 0 Å². The van der Waals surface area contributed by atoms with Crippen molar-refractivity contribution in [1.82, 2.24) is 9.97 Å². The molecule has 0 aliphatic rings. The average molecular weight is 305 g/mol. The first-order chi connectivity index (χ1) is 9.65. The monoisotopic (exact) mass is 304 g/mol. The van der Waals surface area contributed by atoms with Crippen LogP contribution < -0.4 is 0 Å². The number of imidazole rings is 1. The number of fused-ring (bicyclic) bond motifs is 1. The fourth-order valence-electron chi connectivity index (χ4n) is 1.98. The summed E-state index contributed by atoms with van der Waals surface area (Å²) in [5, 5.41) is 10.5. The van der Waals surface area contributed by atoms with Gasteiger partial charge in [0.15, 0.2) is 5.16 Å². The summed E-state index contributed by atoms with van der Waals surface area (Å²) in [6, 6.07) is 11.7. The number of nitrogens with zero attached hydrogens (tertiary/aromatic N) is 1. The van der Waals surface area contributed by atoms with Crippen LogP contribution in [0, 0.1) is 6.92 Å². The quantitative estimate of drug-likeness (QED) is 0.763. The van der Waals surface area contributed by atoms with Crippen LogP contribution in [0.5, 0.6) is 0 Å². The fraction of sp³-hybridized carbons (Fsp3) is 0.133. The third kappa shape index (κ3) is 2.68. The summed E-state index contributed by atoms with van der Waals surface area (Å²) in [4.78, 5) is 8.73. The Labute approximate surface area is 126 Å². The zero-order chi connectivity index (χ0) is 14.1. The van der Waals surface area contributed by atoms with Gasteiger partial charge in [-0.15, -0.1) is 0 Å². The van der Waals surface area contributed by atoms with Crippen molar-refractivity contribution in [3.8, 4) is 0 Å². The Morgan fingerprint density at radius 1 is 1.25 bits per heavy atom. The molecule has 0 fully saturated rings. The summed E-state index contributed by atoms with van der Waals surface area (Å²) in [5.41, 5.74) is 3.97. The van der Waals surface area contributed by atoms with Crippen LogP contribution in [-0.4, -0.2) is 15.1 Å². The van der Waals surface area contributed by atoms with Crippen LogP contribution in [0.25, 0.3) is 11.0 Å². The maximum absolute atomic E-state index is 9.08. The number of rotatable bonds is 3. The number of aryl methyl sites for hydroxylation is 1. The van der Waals surface area contributed by atoms with Crippen LogP contribution in [0.3, 0.4) is 0 Å². The van der Waals surface area contributed by atoms with Gasteiger partial charge in [-0.25, -0.2) is 4.98 Å². The molecular formula is C15H13ClN2OS. The fourth-order valence-corrected chi connectivity index (χ4v) is 3.10. The van der Waals surface area contributed by atoms with E-state index in [1.165, 1.54) is 17.3 Å². The molecular weight excluding hydrogens is 292 g/mol. The number of aliphatic hydroxyl groups is 1. The number of hydrogen-bond donors (Lipinski definition) is 2. The second kappa shape index (κ2) is 5.48. The highest BCUT2D eigenvalue weighted by molar-refractivity contribution is 7.99. The molecule has 3 nitrogen and oxygen atoms in total.